The van der Waals surface area contributed by atoms with Gasteiger partial charge in [-0.2, -0.15) is 0 Å². The molecule has 0 aromatic heterocycles. The first-order valence-electron chi connectivity index (χ1n) is 8.71. The molecule has 0 spiro atoms. The fourth-order valence-electron chi connectivity index (χ4n) is 3.04. The summed E-state index contributed by atoms with van der Waals surface area (Å²) in [6.07, 6.45) is 6.67. The highest BCUT2D eigenvalue weighted by Gasteiger charge is 2.49. The number of rotatable bonds is 6. The second kappa shape index (κ2) is 7.20. The van der Waals surface area contributed by atoms with Crippen LogP contribution in [0.1, 0.15) is 44.7 Å². The molecule has 1 atom stereocenters. The number of nitrogens with zero attached hydrogens (tertiary/aromatic N) is 1. The molecule has 1 aromatic carbocycles. The zero-order valence-electron chi connectivity index (χ0n) is 15.7. The number of benzene rings is 1. The maximum Gasteiger partial charge on any atom is 0.325 e. The molecule has 0 bridgehead atoms. The third kappa shape index (κ3) is 3.43. The summed E-state index contributed by atoms with van der Waals surface area (Å²) >= 11 is 0. The Balaban J connectivity index is 2.18. The minimum Gasteiger partial charge on any atom is -0.338 e. The predicted octanol–water partition coefficient (Wildman–Crippen LogP) is 2.07. The molecule has 1 aromatic rings. The summed E-state index contributed by atoms with van der Waals surface area (Å²) in [7, 11) is 0. The monoisotopic (exact) mass is 355 g/mol. The van der Waals surface area contributed by atoms with E-state index < -0.39 is 28.9 Å². The van der Waals surface area contributed by atoms with Gasteiger partial charge in [0.2, 0.25) is 5.91 Å². The summed E-state index contributed by atoms with van der Waals surface area (Å²) in [5.74, 6) is 1.69. The van der Waals surface area contributed by atoms with Gasteiger partial charge in [0, 0.05) is 0 Å². The van der Waals surface area contributed by atoms with Crippen molar-refractivity contribution in [1.82, 2.24) is 15.5 Å². The van der Waals surface area contributed by atoms with Crippen molar-refractivity contribution in [3.63, 3.8) is 0 Å². The lowest BCUT2D eigenvalue weighted by atomic mass is 9.91. The van der Waals surface area contributed by atoms with Crippen LogP contribution in [0.4, 0.5) is 4.79 Å². The van der Waals surface area contributed by atoms with Crippen molar-refractivity contribution in [2.45, 2.75) is 51.6 Å². The first kappa shape index (κ1) is 19.5. The Morgan fingerprint density at radius 2 is 1.85 bits per heavy atom. The third-order valence-electron chi connectivity index (χ3n) is 5.07. The Morgan fingerprint density at radius 3 is 2.35 bits per heavy atom. The van der Waals surface area contributed by atoms with E-state index >= 15 is 0 Å². The van der Waals surface area contributed by atoms with E-state index in [0.717, 1.165) is 10.5 Å². The molecule has 1 fully saturated rings. The third-order valence-corrected chi connectivity index (χ3v) is 5.07. The molecule has 0 radical (unpaired) electrons. The largest absolute Gasteiger partial charge is 0.338 e. The Kier molecular flexibility index (Phi) is 5.41. The predicted molar refractivity (Wildman–Crippen MR) is 99.1 cm³/mol. The van der Waals surface area contributed by atoms with Gasteiger partial charge in [0.1, 0.15) is 17.6 Å². The zero-order valence-corrected chi connectivity index (χ0v) is 15.7. The standard InChI is InChI=1S/C20H25N3O3/c1-6-20(7-2,8-3)21-16(24)13-23-17(25)19(5,22-18(23)26)15-11-9-14(4)10-12-15/h1,9-12H,7-8,13H2,2-5H3,(H,21,24)(H,22,26). The smallest absolute Gasteiger partial charge is 0.325 e. The average molecular weight is 355 g/mol. The second-order valence-electron chi connectivity index (χ2n) is 6.79. The van der Waals surface area contributed by atoms with E-state index in [9.17, 15) is 14.4 Å². The molecule has 26 heavy (non-hydrogen) atoms. The van der Waals surface area contributed by atoms with Crippen molar-refractivity contribution in [2.75, 3.05) is 6.54 Å². The minimum atomic E-state index is -1.19. The van der Waals surface area contributed by atoms with E-state index in [4.69, 9.17) is 6.42 Å². The van der Waals surface area contributed by atoms with E-state index in [0.29, 0.717) is 18.4 Å². The molecular weight excluding hydrogens is 330 g/mol. The molecule has 6 nitrogen and oxygen atoms in total. The minimum absolute atomic E-state index is 0.366. The van der Waals surface area contributed by atoms with Crippen LogP contribution in [-0.2, 0) is 15.1 Å². The normalized spacial score (nSPS) is 19.9. The van der Waals surface area contributed by atoms with Gasteiger partial charge in [-0.05, 0) is 32.3 Å². The summed E-state index contributed by atoms with van der Waals surface area (Å²) in [5, 5.41) is 5.47. The first-order valence-corrected chi connectivity index (χ1v) is 8.71. The Labute approximate surface area is 154 Å². The molecule has 1 saturated heterocycles. The number of carbonyl (C=O) groups is 3. The quantitative estimate of drug-likeness (QED) is 0.606. The van der Waals surface area contributed by atoms with E-state index in [1.54, 1.807) is 19.1 Å². The van der Waals surface area contributed by atoms with Gasteiger partial charge >= 0.3 is 6.03 Å². The SMILES string of the molecule is C#CC(CC)(CC)NC(=O)CN1C(=O)NC(C)(c2ccc(C)cc2)C1=O. The Morgan fingerprint density at radius 1 is 1.27 bits per heavy atom. The van der Waals surface area contributed by atoms with Crippen LogP contribution in [-0.4, -0.2) is 34.8 Å². The van der Waals surface area contributed by atoms with Crippen LogP contribution in [0.15, 0.2) is 24.3 Å². The highest BCUT2D eigenvalue weighted by Crippen LogP contribution is 2.29. The summed E-state index contributed by atoms with van der Waals surface area (Å²) in [4.78, 5) is 38.5. The van der Waals surface area contributed by atoms with Crippen molar-refractivity contribution < 1.29 is 14.4 Å². The molecule has 2 N–H and O–H groups in total. The number of imide groups is 1. The number of terminal acetylenes is 1. The molecule has 4 amide bonds. The van der Waals surface area contributed by atoms with Gasteiger partial charge in [-0.15, -0.1) is 6.42 Å². The van der Waals surface area contributed by atoms with Crippen LogP contribution in [0, 0.1) is 19.3 Å². The lowest BCUT2D eigenvalue weighted by Crippen LogP contribution is -2.51. The van der Waals surface area contributed by atoms with E-state index in [1.165, 1.54) is 0 Å². The summed E-state index contributed by atoms with van der Waals surface area (Å²) in [5.41, 5.74) is -0.236. The van der Waals surface area contributed by atoms with E-state index in [1.807, 2.05) is 32.9 Å². The van der Waals surface area contributed by atoms with Gasteiger partial charge in [-0.1, -0.05) is 49.6 Å². The molecule has 1 unspecified atom stereocenters. The van der Waals surface area contributed by atoms with Crippen LogP contribution in [0.25, 0.3) is 0 Å². The van der Waals surface area contributed by atoms with Gasteiger partial charge in [-0.3, -0.25) is 14.5 Å². The molecule has 6 heteroatoms. The van der Waals surface area contributed by atoms with Gasteiger partial charge in [-0.25, -0.2) is 4.79 Å². The number of hydrogen-bond acceptors (Lipinski definition) is 3. The van der Waals surface area contributed by atoms with Crippen molar-refractivity contribution >= 4 is 17.8 Å². The van der Waals surface area contributed by atoms with Crippen LogP contribution < -0.4 is 10.6 Å². The topological polar surface area (TPSA) is 78.5 Å². The van der Waals surface area contributed by atoms with Crippen molar-refractivity contribution in [3.05, 3.63) is 35.4 Å². The summed E-state index contributed by atoms with van der Waals surface area (Å²) < 4.78 is 0. The second-order valence-corrected chi connectivity index (χ2v) is 6.79. The number of nitrogens with one attached hydrogen (secondary N) is 2. The van der Waals surface area contributed by atoms with Crippen molar-refractivity contribution in [1.29, 1.82) is 0 Å². The fourth-order valence-corrected chi connectivity index (χ4v) is 3.04. The number of urea groups is 1. The van der Waals surface area contributed by atoms with Gasteiger partial charge in [0.15, 0.2) is 0 Å². The van der Waals surface area contributed by atoms with Gasteiger partial charge < -0.3 is 10.6 Å². The fraction of sp³-hybridized carbons (Fsp3) is 0.450. The number of aryl methyl sites for hydroxylation is 1. The van der Waals surface area contributed by atoms with E-state index in [-0.39, 0.29) is 6.54 Å². The van der Waals surface area contributed by atoms with Gasteiger partial charge in [0.25, 0.3) is 5.91 Å². The van der Waals surface area contributed by atoms with Crippen LogP contribution >= 0.6 is 0 Å². The van der Waals surface area contributed by atoms with Crippen LogP contribution in [0.5, 0.6) is 0 Å². The number of amides is 4. The zero-order chi connectivity index (χ0) is 19.5. The number of carbonyl (C=O) groups excluding carboxylic acids is 3. The average Bonchev–Trinajstić information content (AvgIpc) is 2.84. The Bertz CT molecular complexity index is 760. The molecule has 138 valence electrons. The maximum atomic E-state index is 12.9. The van der Waals surface area contributed by atoms with Crippen molar-refractivity contribution in [3.8, 4) is 12.3 Å². The molecular formula is C20H25N3O3. The maximum absolute atomic E-state index is 12.9. The molecule has 0 saturated carbocycles. The van der Waals surface area contributed by atoms with Crippen LogP contribution in [0.3, 0.4) is 0 Å². The van der Waals surface area contributed by atoms with Crippen LogP contribution in [0.2, 0.25) is 0 Å². The first-order chi connectivity index (χ1) is 12.2. The molecule has 2 rings (SSSR count). The summed E-state index contributed by atoms with van der Waals surface area (Å²) in [6, 6.07) is 6.76. The Hall–Kier alpha value is -2.81. The van der Waals surface area contributed by atoms with Crippen molar-refractivity contribution in [2.24, 2.45) is 0 Å². The number of hydrogen-bond donors (Lipinski definition) is 2. The highest BCUT2D eigenvalue weighted by atomic mass is 16.2. The molecule has 1 heterocycles. The lowest BCUT2D eigenvalue weighted by molar-refractivity contribution is -0.135. The summed E-state index contributed by atoms with van der Waals surface area (Å²) in [6.45, 7) is 6.98. The lowest BCUT2D eigenvalue weighted by Gasteiger charge is -2.28. The molecule has 0 aliphatic carbocycles. The highest BCUT2D eigenvalue weighted by molar-refractivity contribution is 6.09. The van der Waals surface area contributed by atoms with Gasteiger partial charge in [0.05, 0.1) is 0 Å². The molecule has 1 aliphatic heterocycles. The molecule has 1 aliphatic rings. The van der Waals surface area contributed by atoms with E-state index in [2.05, 4.69) is 16.6 Å².